The van der Waals surface area contributed by atoms with E-state index in [1.165, 1.54) is 11.8 Å². The van der Waals surface area contributed by atoms with Gasteiger partial charge in [0.1, 0.15) is 5.75 Å². The van der Waals surface area contributed by atoms with Gasteiger partial charge in [-0.3, -0.25) is 14.4 Å². The summed E-state index contributed by atoms with van der Waals surface area (Å²) in [5.74, 6) is -1.90. The Bertz CT molecular complexity index is 1290. The van der Waals surface area contributed by atoms with Gasteiger partial charge in [0.05, 0.1) is 21.8 Å². The Labute approximate surface area is 193 Å². The number of carbonyl (C=O) groups excluding carboxylic acids is 3. The van der Waals surface area contributed by atoms with E-state index in [0.29, 0.717) is 11.4 Å². The molecule has 0 saturated carbocycles. The zero-order chi connectivity index (χ0) is 22.2. The summed E-state index contributed by atoms with van der Waals surface area (Å²) >= 11 is 3.98. The number of benzene rings is 3. The maximum absolute atomic E-state index is 13.9. The lowest BCUT2D eigenvalue weighted by molar-refractivity contribution is -0.132. The number of hydrogen-bond donors (Lipinski definition) is 0. The molecule has 4 aliphatic rings. The predicted octanol–water partition coefficient (Wildman–Crippen LogP) is 4.52. The third kappa shape index (κ3) is 2.36. The lowest BCUT2D eigenvalue weighted by atomic mass is 9.55. The molecule has 0 N–H and O–H groups in total. The van der Waals surface area contributed by atoms with Crippen molar-refractivity contribution < 1.29 is 19.1 Å². The summed E-state index contributed by atoms with van der Waals surface area (Å²) < 4.78 is 4.40. The summed E-state index contributed by atoms with van der Waals surface area (Å²) in [6.45, 7) is 1.31. The molecule has 3 aromatic rings. The Morgan fingerprint density at radius 2 is 1.53 bits per heavy atom. The summed E-state index contributed by atoms with van der Waals surface area (Å²) in [6, 6.07) is 22.7. The van der Waals surface area contributed by atoms with Crippen molar-refractivity contribution in [2.24, 2.45) is 11.8 Å². The zero-order valence-corrected chi connectivity index (χ0v) is 18.7. The molecule has 2 amide bonds. The molecular weight excluding hydrogens is 470 g/mol. The van der Waals surface area contributed by atoms with Gasteiger partial charge < -0.3 is 4.74 Å². The Hall–Kier alpha value is -3.25. The molecular formula is C26H18BrNO4. The number of esters is 1. The van der Waals surface area contributed by atoms with Gasteiger partial charge >= 0.3 is 5.97 Å². The van der Waals surface area contributed by atoms with Crippen LogP contribution in [0.25, 0.3) is 0 Å². The molecule has 2 atom stereocenters. The van der Waals surface area contributed by atoms with Crippen molar-refractivity contribution >= 4 is 39.4 Å². The molecule has 5 nitrogen and oxygen atoms in total. The highest BCUT2D eigenvalue weighted by Crippen LogP contribution is 2.66. The highest BCUT2D eigenvalue weighted by Gasteiger charge is 2.67. The fraction of sp³-hybridized carbons (Fsp3) is 0.192. The summed E-state index contributed by atoms with van der Waals surface area (Å²) in [5, 5.41) is 0. The van der Waals surface area contributed by atoms with Crippen LogP contribution in [-0.4, -0.2) is 17.8 Å². The van der Waals surface area contributed by atoms with E-state index in [4.69, 9.17) is 4.74 Å². The second-order valence-electron chi connectivity index (χ2n) is 8.47. The molecule has 1 fully saturated rings. The molecule has 1 heterocycles. The van der Waals surface area contributed by atoms with E-state index in [-0.39, 0.29) is 17.7 Å². The van der Waals surface area contributed by atoms with E-state index in [0.717, 1.165) is 22.3 Å². The number of rotatable bonds is 2. The summed E-state index contributed by atoms with van der Waals surface area (Å²) in [7, 11) is 0. The molecule has 2 bridgehead atoms. The van der Waals surface area contributed by atoms with Crippen molar-refractivity contribution in [1.82, 2.24) is 0 Å². The van der Waals surface area contributed by atoms with Gasteiger partial charge in [-0.15, -0.1) is 0 Å². The van der Waals surface area contributed by atoms with Crippen LogP contribution in [0.1, 0.15) is 35.1 Å². The zero-order valence-electron chi connectivity index (χ0n) is 17.1. The molecule has 0 unspecified atom stereocenters. The van der Waals surface area contributed by atoms with Gasteiger partial charge in [0.25, 0.3) is 0 Å². The van der Waals surface area contributed by atoms with Crippen LogP contribution in [0.4, 0.5) is 5.69 Å². The molecule has 3 aromatic carbocycles. The molecule has 1 aliphatic heterocycles. The van der Waals surface area contributed by atoms with Gasteiger partial charge in [-0.1, -0.05) is 70.5 Å². The van der Waals surface area contributed by atoms with Crippen molar-refractivity contribution in [3.8, 4) is 5.75 Å². The van der Waals surface area contributed by atoms with Crippen molar-refractivity contribution in [2.75, 3.05) is 4.90 Å². The summed E-state index contributed by atoms with van der Waals surface area (Å²) in [5.41, 5.74) is 4.67. The van der Waals surface area contributed by atoms with E-state index in [2.05, 4.69) is 28.1 Å². The number of nitrogens with zero attached hydrogens (tertiary/aromatic N) is 1. The van der Waals surface area contributed by atoms with E-state index in [1.54, 1.807) is 24.3 Å². The number of amides is 2. The van der Waals surface area contributed by atoms with Gasteiger partial charge in [0.2, 0.25) is 11.8 Å². The van der Waals surface area contributed by atoms with Crippen LogP contribution in [0.3, 0.4) is 0 Å². The fourth-order valence-electron chi connectivity index (χ4n) is 5.79. The quantitative estimate of drug-likeness (QED) is 0.231. The van der Waals surface area contributed by atoms with Crippen LogP contribution in [-0.2, 0) is 18.7 Å². The normalized spacial score (nSPS) is 27.1. The van der Waals surface area contributed by atoms with Gasteiger partial charge in [0.15, 0.2) is 0 Å². The molecule has 1 saturated heterocycles. The van der Waals surface area contributed by atoms with Crippen LogP contribution < -0.4 is 9.64 Å². The first-order chi connectivity index (χ1) is 15.4. The van der Waals surface area contributed by atoms with Crippen LogP contribution in [0.5, 0.6) is 5.75 Å². The average molecular weight is 488 g/mol. The minimum Gasteiger partial charge on any atom is -0.427 e. The van der Waals surface area contributed by atoms with E-state index in [9.17, 15) is 14.4 Å². The van der Waals surface area contributed by atoms with Crippen molar-refractivity contribution in [3.05, 3.63) is 95.1 Å². The average Bonchev–Trinajstić information content (AvgIpc) is 3.05. The largest absolute Gasteiger partial charge is 0.427 e. The highest BCUT2D eigenvalue weighted by molar-refractivity contribution is 9.09. The highest BCUT2D eigenvalue weighted by atomic mass is 79.9. The molecule has 32 heavy (non-hydrogen) atoms. The molecule has 6 heteroatoms. The molecule has 0 radical (unpaired) electrons. The van der Waals surface area contributed by atoms with E-state index in [1.807, 2.05) is 36.4 Å². The van der Waals surface area contributed by atoms with Crippen LogP contribution in [0.15, 0.2) is 72.8 Å². The van der Waals surface area contributed by atoms with Crippen molar-refractivity contribution in [1.29, 1.82) is 0 Å². The first kappa shape index (κ1) is 19.4. The topological polar surface area (TPSA) is 63.7 Å². The maximum atomic E-state index is 13.9. The molecule has 0 aromatic heterocycles. The first-order valence-electron chi connectivity index (χ1n) is 10.5. The standard InChI is InChI=1S/C26H18BrNO4/c1-14(29)32-16-8-6-7-15(13-16)28-24(30)22-21-17-9-2-4-11-19(17)26(27,23(22)25(28)31)20-12-5-3-10-18(20)21/h2-13,21-23H,1H3/t21?,22-,23+,26?/m0/s1. The Morgan fingerprint density at radius 1 is 0.906 bits per heavy atom. The lowest BCUT2D eigenvalue weighted by Gasteiger charge is -2.51. The lowest BCUT2D eigenvalue weighted by Crippen LogP contribution is -2.50. The second kappa shape index (κ2) is 6.62. The van der Waals surface area contributed by atoms with Gasteiger partial charge in [-0.2, -0.15) is 0 Å². The smallest absolute Gasteiger partial charge is 0.308 e. The molecule has 3 aliphatic carbocycles. The number of imide groups is 1. The SMILES string of the molecule is CC(=O)Oc1cccc(N2C(=O)[C@H]3C4c5ccccc5C(Br)(c5ccccc54)[C@H]3C2=O)c1. The van der Waals surface area contributed by atoms with Gasteiger partial charge in [-0.05, 0) is 34.4 Å². The second-order valence-corrected chi connectivity index (χ2v) is 9.72. The van der Waals surface area contributed by atoms with Crippen molar-refractivity contribution in [3.63, 3.8) is 0 Å². The van der Waals surface area contributed by atoms with Gasteiger partial charge in [0, 0.05) is 18.9 Å². The predicted molar refractivity (Wildman–Crippen MR) is 122 cm³/mol. The first-order valence-corrected chi connectivity index (χ1v) is 11.3. The fourth-order valence-corrected chi connectivity index (χ4v) is 6.99. The minimum atomic E-state index is -0.783. The van der Waals surface area contributed by atoms with Crippen molar-refractivity contribution in [2.45, 2.75) is 17.2 Å². The monoisotopic (exact) mass is 487 g/mol. The number of hydrogen-bond acceptors (Lipinski definition) is 4. The third-order valence-electron chi connectivity index (χ3n) is 6.85. The maximum Gasteiger partial charge on any atom is 0.308 e. The molecule has 0 spiro atoms. The number of anilines is 1. The Kier molecular flexibility index (Phi) is 4.02. The van der Waals surface area contributed by atoms with E-state index < -0.39 is 22.1 Å². The summed E-state index contributed by atoms with van der Waals surface area (Å²) in [6.07, 6.45) is 0. The summed E-state index contributed by atoms with van der Waals surface area (Å²) in [4.78, 5) is 40.3. The van der Waals surface area contributed by atoms with Crippen LogP contribution in [0, 0.1) is 11.8 Å². The molecule has 158 valence electrons. The number of halogens is 1. The van der Waals surface area contributed by atoms with E-state index >= 15 is 0 Å². The van der Waals surface area contributed by atoms with Crippen LogP contribution >= 0.6 is 15.9 Å². The van der Waals surface area contributed by atoms with Gasteiger partial charge in [-0.25, -0.2) is 4.90 Å². The third-order valence-corrected chi connectivity index (χ3v) is 8.20. The Balaban J connectivity index is 1.54. The minimum absolute atomic E-state index is 0.190. The number of carbonyl (C=O) groups is 3. The Morgan fingerprint density at radius 3 is 2.16 bits per heavy atom. The number of alkyl halides is 1. The molecule has 7 rings (SSSR count). The van der Waals surface area contributed by atoms with Crippen LogP contribution in [0.2, 0.25) is 0 Å². The number of ether oxygens (including phenoxy) is 1.